The van der Waals surface area contributed by atoms with Crippen molar-refractivity contribution in [2.24, 2.45) is 0 Å². The van der Waals surface area contributed by atoms with E-state index in [1.807, 2.05) is 0 Å². The van der Waals surface area contributed by atoms with Gasteiger partial charge in [-0.1, -0.05) is 11.8 Å². The maximum atomic E-state index is 11.1. The molecule has 0 unspecified atom stereocenters. The molecule has 2 aromatic rings. The molecule has 7 heteroatoms. The van der Waals surface area contributed by atoms with Gasteiger partial charge < -0.3 is 16.5 Å². The molecule has 0 spiro atoms. The molecule has 2 rings (SSSR count). The predicted octanol–water partition coefficient (Wildman–Crippen LogP) is 0.480. The lowest BCUT2D eigenvalue weighted by atomic mass is 10.5. The van der Waals surface area contributed by atoms with Crippen LogP contribution in [0.3, 0.4) is 0 Å². The van der Waals surface area contributed by atoms with Crippen molar-refractivity contribution in [3.63, 3.8) is 0 Å². The first-order valence-corrected chi connectivity index (χ1v) is 5.21. The Morgan fingerprint density at radius 3 is 2.75 bits per heavy atom. The summed E-state index contributed by atoms with van der Waals surface area (Å²) in [5.41, 5.74) is 10.7. The lowest BCUT2D eigenvalue weighted by Gasteiger charge is -2.01. The summed E-state index contributed by atoms with van der Waals surface area (Å²) < 4.78 is 0. The molecular weight excluding hydrogens is 226 g/mol. The Morgan fingerprint density at radius 2 is 2.06 bits per heavy atom. The Balaban J connectivity index is 2.30. The molecular formula is C9H9N5OS. The van der Waals surface area contributed by atoms with Crippen LogP contribution < -0.4 is 17.0 Å². The first kappa shape index (κ1) is 10.5. The van der Waals surface area contributed by atoms with E-state index in [0.29, 0.717) is 11.0 Å². The lowest BCUT2D eigenvalue weighted by molar-refractivity contribution is 0.945. The van der Waals surface area contributed by atoms with Gasteiger partial charge in [-0.05, 0) is 12.1 Å². The quantitative estimate of drug-likeness (QED) is 0.653. The smallest absolute Gasteiger partial charge is 0.253 e. The summed E-state index contributed by atoms with van der Waals surface area (Å²) in [7, 11) is 0. The number of nitrogens with two attached hydrogens (primary N) is 2. The minimum absolute atomic E-state index is 0.188. The fourth-order valence-corrected chi connectivity index (χ4v) is 1.94. The average molecular weight is 235 g/mol. The van der Waals surface area contributed by atoms with E-state index in [4.69, 9.17) is 11.5 Å². The number of pyridine rings is 1. The number of aromatic nitrogens is 3. The van der Waals surface area contributed by atoms with Gasteiger partial charge in [-0.2, -0.15) is 0 Å². The van der Waals surface area contributed by atoms with Gasteiger partial charge in [-0.25, -0.2) is 9.97 Å². The minimum Gasteiger partial charge on any atom is -0.384 e. The van der Waals surface area contributed by atoms with Crippen molar-refractivity contribution in [3.05, 3.63) is 34.7 Å². The van der Waals surface area contributed by atoms with Crippen LogP contribution in [0.1, 0.15) is 0 Å². The highest BCUT2D eigenvalue weighted by molar-refractivity contribution is 7.99. The Bertz CT molecular complexity index is 568. The van der Waals surface area contributed by atoms with Crippen LogP contribution in [0.25, 0.3) is 0 Å². The lowest BCUT2D eigenvalue weighted by Crippen LogP contribution is -2.09. The summed E-state index contributed by atoms with van der Waals surface area (Å²) in [5.74, 6) is 0.601. The molecule has 0 saturated heterocycles. The molecule has 6 nitrogen and oxygen atoms in total. The van der Waals surface area contributed by atoms with Crippen molar-refractivity contribution >= 4 is 23.4 Å². The molecule has 82 valence electrons. The molecule has 0 aromatic carbocycles. The van der Waals surface area contributed by atoms with E-state index in [1.165, 1.54) is 17.8 Å². The summed E-state index contributed by atoms with van der Waals surface area (Å²) in [6.07, 6.45) is 1.59. The van der Waals surface area contributed by atoms with E-state index in [2.05, 4.69) is 15.0 Å². The normalized spacial score (nSPS) is 10.2. The molecule has 0 fully saturated rings. The van der Waals surface area contributed by atoms with Crippen LogP contribution in [0.5, 0.6) is 0 Å². The number of nitrogen functional groups attached to an aromatic ring is 2. The van der Waals surface area contributed by atoms with Crippen LogP contribution in [-0.4, -0.2) is 15.0 Å². The highest BCUT2D eigenvalue weighted by atomic mass is 32.2. The number of nitrogens with one attached hydrogen (secondary N) is 1. The third-order valence-corrected chi connectivity index (χ3v) is 2.58. The highest BCUT2D eigenvalue weighted by Crippen LogP contribution is 2.24. The van der Waals surface area contributed by atoms with Crippen molar-refractivity contribution in [2.45, 2.75) is 10.1 Å². The Morgan fingerprint density at radius 1 is 1.25 bits per heavy atom. The van der Waals surface area contributed by atoms with Crippen LogP contribution in [0.2, 0.25) is 0 Å². The van der Waals surface area contributed by atoms with E-state index >= 15 is 0 Å². The zero-order valence-electron chi connectivity index (χ0n) is 8.18. The van der Waals surface area contributed by atoms with Gasteiger partial charge in [-0.15, -0.1) is 0 Å². The summed E-state index contributed by atoms with van der Waals surface area (Å²) in [4.78, 5) is 22.4. The Hall–Kier alpha value is -2.02. The number of rotatable bonds is 2. The van der Waals surface area contributed by atoms with Gasteiger partial charge in [0.05, 0.1) is 0 Å². The number of hydrogen-bond donors (Lipinski definition) is 3. The second-order valence-corrected chi connectivity index (χ2v) is 4.06. The molecule has 5 N–H and O–H groups in total. The Labute approximate surface area is 95.1 Å². The van der Waals surface area contributed by atoms with Gasteiger partial charge in [0.15, 0.2) is 5.16 Å². The van der Waals surface area contributed by atoms with Gasteiger partial charge in [0.1, 0.15) is 11.6 Å². The van der Waals surface area contributed by atoms with E-state index in [0.717, 1.165) is 4.90 Å². The molecule has 16 heavy (non-hydrogen) atoms. The minimum atomic E-state index is -0.281. The van der Waals surface area contributed by atoms with Crippen LogP contribution in [0.15, 0.2) is 39.2 Å². The molecule has 2 heterocycles. The van der Waals surface area contributed by atoms with E-state index in [-0.39, 0.29) is 11.4 Å². The van der Waals surface area contributed by atoms with Crippen molar-refractivity contribution < 1.29 is 0 Å². The maximum absolute atomic E-state index is 11.1. The fourth-order valence-electron chi connectivity index (χ4n) is 1.10. The summed E-state index contributed by atoms with van der Waals surface area (Å²) in [5, 5.41) is 0.426. The first-order valence-electron chi connectivity index (χ1n) is 4.40. The topological polar surface area (TPSA) is 111 Å². The highest BCUT2D eigenvalue weighted by Gasteiger charge is 2.02. The Kier molecular flexibility index (Phi) is 2.78. The maximum Gasteiger partial charge on any atom is 0.253 e. The largest absolute Gasteiger partial charge is 0.384 e. The van der Waals surface area contributed by atoms with Gasteiger partial charge in [-0.3, -0.25) is 4.79 Å². The zero-order chi connectivity index (χ0) is 11.5. The molecule has 2 aromatic heterocycles. The van der Waals surface area contributed by atoms with Gasteiger partial charge >= 0.3 is 0 Å². The number of aromatic amines is 1. The molecule has 0 radical (unpaired) electrons. The number of anilines is 2. The van der Waals surface area contributed by atoms with Crippen LogP contribution in [-0.2, 0) is 0 Å². The molecule has 0 bridgehead atoms. The van der Waals surface area contributed by atoms with Crippen molar-refractivity contribution in [1.82, 2.24) is 15.0 Å². The van der Waals surface area contributed by atoms with E-state index in [9.17, 15) is 4.79 Å². The fraction of sp³-hybridized carbons (Fsp3) is 0. The predicted molar refractivity (Wildman–Crippen MR) is 62.0 cm³/mol. The van der Waals surface area contributed by atoms with Crippen molar-refractivity contribution in [1.29, 1.82) is 0 Å². The van der Waals surface area contributed by atoms with E-state index < -0.39 is 0 Å². The molecule has 0 amide bonds. The first-order chi connectivity index (χ1) is 7.63. The second-order valence-electron chi connectivity index (χ2n) is 2.99. The van der Waals surface area contributed by atoms with Crippen LogP contribution in [0, 0.1) is 0 Å². The third kappa shape index (κ3) is 2.51. The van der Waals surface area contributed by atoms with Crippen LogP contribution in [0.4, 0.5) is 11.6 Å². The zero-order valence-corrected chi connectivity index (χ0v) is 8.99. The number of hydrogen-bond acceptors (Lipinski definition) is 6. The monoisotopic (exact) mass is 235 g/mol. The van der Waals surface area contributed by atoms with E-state index in [1.54, 1.807) is 18.3 Å². The average Bonchev–Trinajstić information content (AvgIpc) is 2.15. The number of nitrogens with zero attached hydrogens (tertiary/aromatic N) is 2. The van der Waals surface area contributed by atoms with Crippen molar-refractivity contribution in [2.75, 3.05) is 11.5 Å². The van der Waals surface area contributed by atoms with Gasteiger partial charge in [0.2, 0.25) is 0 Å². The molecule has 0 aliphatic rings. The third-order valence-electron chi connectivity index (χ3n) is 1.71. The second kappa shape index (κ2) is 4.23. The van der Waals surface area contributed by atoms with Crippen molar-refractivity contribution in [3.8, 4) is 0 Å². The number of H-pyrrole nitrogens is 1. The summed E-state index contributed by atoms with van der Waals surface area (Å²) in [6.45, 7) is 0. The van der Waals surface area contributed by atoms with Gasteiger partial charge in [0.25, 0.3) is 5.56 Å². The van der Waals surface area contributed by atoms with Crippen LogP contribution >= 0.6 is 11.8 Å². The molecule has 0 saturated carbocycles. The standard InChI is InChI=1S/C9H9N5OS/c10-6-3-5(1-2-12-6)16-9-13-7(11)4-8(15)14-9/h1-4H,(H2,10,12)(H3,11,13,14,15). The molecule has 0 aliphatic carbocycles. The summed E-state index contributed by atoms with van der Waals surface area (Å²) >= 11 is 1.26. The summed E-state index contributed by atoms with van der Waals surface area (Å²) in [6, 6.07) is 4.68. The molecule has 0 aliphatic heterocycles. The SMILES string of the molecule is Nc1cc(Sc2nc(N)cc(=O)[nH]2)ccn1. The van der Waals surface area contributed by atoms with Gasteiger partial charge in [0, 0.05) is 17.2 Å². The molecule has 0 atom stereocenters.